The molecule has 0 radical (unpaired) electrons. The van der Waals surface area contributed by atoms with Gasteiger partial charge in [-0.25, -0.2) is 0 Å². The fourth-order valence-electron chi connectivity index (χ4n) is 8.67. The molecule has 32 heavy (non-hydrogen) atoms. The highest BCUT2D eigenvalue weighted by molar-refractivity contribution is 5.25. The maximum absolute atomic E-state index is 10.2. The normalized spacial score (nSPS) is 41.5. The Kier molecular flexibility index (Phi) is 8.75. The average Bonchev–Trinajstić information content (AvgIpc) is 3.11. The lowest BCUT2D eigenvalue weighted by molar-refractivity contribution is -0.0573. The Hall–Kier alpha value is -0.600. The molecule has 184 valence electrons. The Morgan fingerprint density at radius 2 is 1.81 bits per heavy atom. The first-order chi connectivity index (χ1) is 15.2. The van der Waals surface area contributed by atoms with E-state index in [1.165, 1.54) is 57.8 Å². The summed E-state index contributed by atoms with van der Waals surface area (Å²) < 4.78 is 0. The largest absolute Gasteiger partial charge is 0.393 e. The van der Waals surface area contributed by atoms with E-state index in [1.54, 1.807) is 11.6 Å². The zero-order valence-corrected chi connectivity index (χ0v) is 21.9. The lowest BCUT2D eigenvalue weighted by Crippen LogP contribution is -2.50. The summed E-state index contributed by atoms with van der Waals surface area (Å²) in [5.74, 6) is 5.46. The first kappa shape index (κ1) is 26.0. The molecule has 4 rings (SSSR count). The molecule has 3 saturated carbocycles. The van der Waals surface area contributed by atoms with E-state index in [0.29, 0.717) is 17.4 Å². The number of allylic oxidation sites excluding steroid dienone is 1. The van der Waals surface area contributed by atoms with Crippen LogP contribution in [0.25, 0.3) is 0 Å². The summed E-state index contributed by atoms with van der Waals surface area (Å²) in [6, 6.07) is 0. The van der Waals surface area contributed by atoms with Crippen molar-refractivity contribution in [2.24, 2.45) is 52.1 Å². The summed E-state index contributed by atoms with van der Waals surface area (Å²) in [6.45, 7) is 16.5. The first-order valence-electron chi connectivity index (χ1n) is 13.9. The summed E-state index contributed by atoms with van der Waals surface area (Å²) in [4.78, 5) is 0. The molecule has 0 aromatic rings. The van der Waals surface area contributed by atoms with Crippen molar-refractivity contribution in [3.63, 3.8) is 0 Å². The first-order valence-corrected chi connectivity index (χ1v) is 13.9. The Morgan fingerprint density at radius 3 is 2.47 bits per heavy atom. The van der Waals surface area contributed by atoms with Gasteiger partial charge in [-0.1, -0.05) is 71.6 Å². The van der Waals surface area contributed by atoms with Crippen LogP contribution in [0.15, 0.2) is 24.3 Å². The molecule has 4 aliphatic carbocycles. The Bertz CT molecular complexity index is 653. The van der Waals surface area contributed by atoms with Gasteiger partial charge in [0, 0.05) is 6.54 Å². The van der Waals surface area contributed by atoms with E-state index in [-0.39, 0.29) is 6.10 Å². The predicted molar refractivity (Wildman–Crippen MR) is 138 cm³/mol. The fourth-order valence-corrected chi connectivity index (χ4v) is 8.67. The topological polar surface area (TPSA) is 46.2 Å². The summed E-state index contributed by atoms with van der Waals surface area (Å²) in [6.07, 6.45) is 18.8. The summed E-state index contributed by atoms with van der Waals surface area (Å²) in [5, 5.41) is 10.2. The summed E-state index contributed by atoms with van der Waals surface area (Å²) in [5.41, 5.74) is 7.51. The molecule has 0 aliphatic heterocycles. The molecular weight excluding hydrogens is 390 g/mol. The minimum Gasteiger partial charge on any atom is -0.393 e. The van der Waals surface area contributed by atoms with Gasteiger partial charge in [-0.05, 0) is 97.7 Å². The molecule has 8 atom stereocenters. The van der Waals surface area contributed by atoms with Crippen molar-refractivity contribution in [2.75, 3.05) is 6.54 Å². The highest BCUT2D eigenvalue weighted by Gasteiger charge is 2.59. The van der Waals surface area contributed by atoms with Gasteiger partial charge in [-0.2, -0.15) is 0 Å². The van der Waals surface area contributed by atoms with Crippen molar-refractivity contribution < 1.29 is 5.11 Å². The fraction of sp³-hybridized carbons (Fsp3) is 0.867. The number of hydrogen-bond donors (Lipinski definition) is 2. The van der Waals surface area contributed by atoms with Crippen LogP contribution in [0.3, 0.4) is 0 Å². The highest BCUT2D eigenvalue weighted by atomic mass is 16.3. The van der Waals surface area contributed by atoms with Gasteiger partial charge >= 0.3 is 0 Å². The molecular formula is C30H53NO. The number of aliphatic hydroxyl groups is 1. The monoisotopic (exact) mass is 443 g/mol. The Balaban J connectivity index is 0.000000668. The Morgan fingerprint density at radius 1 is 1.09 bits per heavy atom. The van der Waals surface area contributed by atoms with E-state index in [1.807, 2.05) is 0 Å². The maximum Gasteiger partial charge on any atom is 0.0577 e. The van der Waals surface area contributed by atoms with E-state index >= 15 is 0 Å². The van der Waals surface area contributed by atoms with Crippen molar-refractivity contribution in [1.82, 2.24) is 0 Å². The molecule has 0 unspecified atom stereocenters. The predicted octanol–water partition coefficient (Wildman–Crippen LogP) is 7.52. The van der Waals surface area contributed by atoms with Crippen molar-refractivity contribution in [1.29, 1.82) is 0 Å². The van der Waals surface area contributed by atoms with Gasteiger partial charge in [0.05, 0.1) is 6.10 Å². The molecule has 3 fully saturated rings. The van der Waals surface area contributed by atoms with E-state index in [2.05, 4.69) is 47.3 Å². The van der Waals surface area contributed by atoms with E-state index in [0.717, 1.165) is 48.3 Å². The van der Waals surface area contributed by atoms with Gasteiger partial charge in [-0.15, -0.1) is 6.58 Å². The molecule has 0 heterocycles. The van der Waals surface area contributed by atoms with Crippen LogP contribution >= 0.6 is 0 Å². The van der Waals surface area contributed by atoms with E-state index < -0.39 is 0 Å². The molecule has 0 saturated heterocycles. The number of hydrogen-bond acceptors (Lipinski definition) is 2. The van der Waals surface area contributed by atoms with Crippen LogP contribution in [0.1, 0.15) is 105 Å². The van der Waals surface area contributed by atoms with Crippen LogP contribution in [0.5, 0.6) is 0 Å². The molecule has 0 aromatic carbocycles. The summed E-state index contributed by atoms with van der Waals surface area (Å²) >= 11 is 0. The molecule has 0 aromatic heterocycles. The quantitative estimate of drug-likeness (QED) is 0.417. The van der Waals surface area contributed by atoms with Crippen molar-refractivity contribution >= 4 is 0 Å². The third kappa shape index (κ3) is 5.07. The highest BCUT2D eigenvalue weighted by Crippen LogP contribution is 2.67. The van der Waals surface area contributed by atoms with Crippen LogP contribution in [0.2, 0.25) is 0 Å². The maximum atomic E-state index is 10.2. The van der Waals surface area contributed by atoms with E-state index in [4.69, 9.17) is 5.73 Å². The molecule has 2 heteroatoms. The number of rotatable bonds is 6. The van der Waals surface area contributed by atoms with Crippen molar-refractivity contribution in [2.45, 2.75) is 111 Å². The van der Waals surface area contributed by atoms with Crippen LogP contribution in [-0.2, 0) is 0 Å². The second-order valence-corrected chi connectivity index (χ2v) is 12.7. The van der Waals surface area contributed by atoms with Gasteiger partial charge in [0.25, 0.3) is 0 Å². The van der Waals surface area contributed by atoms with Crippen molar-refractivity contribution in [3.05, 3.63) is 24.3 Å². The third-order valence-electron chi connectivity index (χ3n) is 10.4. The lowest BCUT2D eigenvalue weighted by Gasteiger charge is -2.58. The zero-order valence-electron chi connectivity index (χ0n) is 21.9. The minimum absolute atomic E-state index is 0.0766. The van der Waals surface area contributed by atoms with Crippen LogP contribution in [0.4, 0.5) is 0 Å². The SMILES string of the molecule is C=CCN.CC(C)CCC[C@@H](C)[C@H]1CC[C@H]2[C@@H]3CC=C4C[C@@H](O)CC[C@]4(C)[C@H]3CC[C@]12C. The number of aliphatic hydroxyl groups excluding tert-OH is 1. The standard InChI is InChI=1S/C27H46O.C3H7N/c1-18(2)7-6-8-19(3)23-11-12-24-22-10-9-20-17-21(28)13-15-26(20,4)25(22)14-16-27(23,24)5;1-2-3-4/h9,18-19,21-25,28H,6-8,10-17H2,1-5H3;2H,1,3-4H2/t19-,21+,22+,23-,24+,25+,26+,27-;/m1./s1. The molecule has 3 N–H and O–H groups in total. The van der Waals surface area contributed by atoms with Gasteiger partial charge in [0.2, 0.25) is 0 Å². The molecule has 0 bridgehead atoms. The molecule has 0 spiro atoms. The van der Waals surface area contributed by atoms with Crippen molar-refractivity contribution in [3.8, 4) is 0 Å². The van der Waals surface area contributed by atoms with E-state index in [9.17, 15) is 5.11 Å². The van der Waals surface area contributed by atoms with Gasteiger partial charge in [-0.3, -0.25) is 0 Å². The zero-order chi connectivity index (χ0) is 23.5. The van der Waals surface area contributed by atoms with Crippen LogP contribution in [0, 0.1) is 46.3 Å². The molecule has 4 aliphatic rings. The number of nitrogens with two attached hydrogens (primary N) is 1. The second-order valence-electron chi connectivity index (χ2n) is 12.7. The lowest BCUT2D eigenvalue weighted by atomic mass is 9.47. The summed E-state index contributed by atoms with van der Waals surface area (Å²) in [7, 11) is 0. The van der Waals surface area contributed by atoms with Gasteiger partial charge in [0.1, 0.15) is 0 Å². The smallest absolute Gasteiger partial charge is 0.0577 e. The Labute approximate surface area is 199 Å². The molecule has 2 nitrogen and oxygen atoms in total. The average molecular weight is 444 g/mol. The van der Waals surface area contributed by atoms with Gasteiger partial charge in [0.15, 0.2) is 0 Å². The minimum atomic E-state index is -0.0766. The number of fused-ring (bicyclic) bond motifs is 5. The third-order valence-corrected chi connectivity index (χ3v) is 10.4. The van der Waals surface area contributed by atoms with Crippen LogP contribution < -0.4 is 5.73 Å². The second kappa shape index (κ2) is 10.8. The molecule has 0 amide bonds. The van der Waals surface area contributed by atoms with Crippen LogP contribution in [-0.4, -0.2) is 17.8 Å². The van der Waals surface area contributed by atoms with Gasteiger partial charge < -0.3 is 10.8 Å².